The van der Waals surface area contributed by atoms with Crippen molar-refractivity contribution in [3.63, 3.8) is 0 Å². The highest BCUT2D eigenvalue weighted by Crippen LogP contribution is 2.60. The molecule has 0 atom stereocenters. The van der Waals surface area contributed by atoms with Gasteiger partial charge in [-0.2, -0.15) is 0 Å². The van der Waals surface area contributed by atoms with E-state index in [4.69, 9.17) is 9.05 Å². The zero-order valence-corrected chi connectivity index (χ0v) is 12.9. The Kier molecular flexibility index (Phi) is 10.5. The molecule has 0 heterocycles. The van der Waals surface area contributed by atoms with Gasteiger partial charge in [-0.1, -0.05) is 0 Å². The second kappa shape index (κ2) is 10.3. The molecular weight excluding hydrogens is 283 g/mol. The number of ether oxygens (including phenoxy) is 1. The fourth-order valence-electron chi connectivity index (χ4n) is 0.850. The van der Waals surface area contributed by atoms with Gasteiger partial charge in [0.1, 0.15) is 0 Å². The van der Waals surface area contributed by atoms with Crippen LogP contribution in [0.25, 0.3) is 0 Å². The Balaban J connectivity index is 3.75. The molecule has 0 radical (unpaired) electrons. The average Bonchev–Trinajstić information content (AvgIpc) is 2.29. The van der Waals surface area contributed by atoms with E-state index < -0.39 is 6.80 Å². The van der Waals surface area contributed by atoms with Gasteiger partial charge in [0, 0.05) is 11.5 Å². The van der Waals surface area contributed by atoms with Gasteiger partial charge >= 0.3 is 12.8 Å². The van der Waals surface area contributed by atoms with Crippen molar-refractivity contribution in [2.24, 2.45) is 0 Å². The van der Waals surface area contributed by atoms with Crippen molar-refractivity contribution in [2.45, 2.75) is 13.8 Å². The largest absolute Gasteiger partial charge is 0.468 e. The Bertz CT molecular complexity index is 252. The lowest BCUT2D eigenvalue weighted by molar-refractivity contribution is -0.137. The Morgan fingerprint density at radius 2 is 1.76 bits per heavy atom. The fraction of sp³-hybridized carbons (Fsp3) is 0.889. The van der Waals surface area contributed by atoms with Crippen LogP contribution in [-0.4, -0.2) is 43.6 Å². The van der Waals surface area contributed by atoms with Gasteiger partial charge in [0.25, 0.3) is 0 Å². The summed E-state index contributed by atoms with van der Waals surface area (Å²) in [6.07, 6.45) is 0. The van der Waals surface area contributed by atoms with Crippen LogP contribution in [0.2, 0.25) is 0 Å². The topological polar surface area (TPSA) is 61.8 Å². The minimum absolute atomic E-state index is 0.252. The van der Waals surface area contributed by atoms with Crippen molar-refractivity contribution in [3.8, 4) is 0 Å². The van der Waals surface area contributed by atoms with Gasteiger partial charge in [0.15, 0.2) is 0 Å². The Hall–Kier alpha value is 0.320. The van der Waals surface area contributed by atoms with Crippen LogP contribution in [0, 0.1) is 0 Å². The minimum Gasteiger partial charge on any atom is -0.468 e. The van der Waals surface area contributed by atoms with Crippen LogP contribution < -0.4 is 0 Å². The zero-order chi connectivity index (χ0) is 13.1. The first kappa shape index (κ1) is 17.3. The summed E-state index contributed by atoms with van der Waals surface area (Å²) in [7, 11) is 1.36. The first-order valence-corrected chi connectivity index (χ1v) is 9.55. The van der Waals surface area contributed by atoms with Crippen LogP contribution in [0.4, 0.5) is 0 Å². The molecule has 0 aliphatic carbocycles. The minimum atomic E-state index is -3.00. The fourth-order valence-corrected chi connectivity index (χ4v) is 5.55. The lowest BCUT2D eigenvalue weighted by atomic mass is 10.8. The smallest absolute Gasteiger partial charge is 0.389 e. The molecule has 0 aromatic heterocycles. The van der Waals surface area contributed by atoms with Crippen molar-refractivity contribution in [1.82, 2.24) is 0 Å². The maximum atomic E-state index is 12.0. The standard InChI is InChI=1S/C9H19O5PS2/c1-4-13-15(11,14-5-2)17-7-6-16-8-9(10)12-3/h4-8H2,1-3H3. The van der Waals surface area contributed by atoms with Gasteiger partial charge in [-0.15, -0.1) is 11.8 Å². The summed E-state index contributed by atoms with van der Waals surface area (Å²) in [5.74, 6) is 1.37. The van der Waals surface area contributed by atoms with E-state index in [9.17, 15) is 9.36 Å². The van der Waals surface area contributed by atoms with Gasteiger partial charge < -0.3 is 13.8 Å². The molecule has 102 valence electrons. The third kappa shape index (κ3) is 8.97. The first-order valence-electron chi connectivity index (χ1n) is 5.26. The van der Waals surface area contributed by atoms with Gasteiger partial charge in [-0.05, 0) is 25.2 Å². The predicted octanol–water partition coefficient (Wildman–Crippen LogP) is 2.81. The van der Waals surface area contributed by atoms with Crippen LogP contribution >= 0.6 is 29.9 Å². The average molecular weight is 302 g/mol. The number of thioether (sulfide) groups is 1. The van der Waals surface area contributed by atoms with E-state index in [1.54, 1.807) is 13.8 Å². The molecule has 0 rings (SSSR count). The first-order chi connectivity index (χ1) is 8.08. The van der Waals surface area contributed by atoms with Crippen molar-refractivity contribution in [3.05, 3.63) is 0 Å². The molecule has 0 fully saturated rings. The number of hydrogen-bond donors (Lipinski definition) is 0. The van der Waals surface area contributed by atoms with Crippen LogP contribution in [0.1, 0.15) is 13.8 Å². The molecule has 5 nitrogen and oxygen atoms in total. The molecule has 0 saturated carbocycles. The molecule has 0 aromatic rings. The Morgan fingerprint density at radius 3 is 2.24 bits per heavy atom. The van der Waals surface area contributed by atoms with E-state index in [-0.39, 0.29) is 5.97 Å². The summed E-state index contributed by atoms with van der Waals surface area (Å²) in [4.78, 5) is 10.8. The van der Waals surface area contributed by atoms with Crippen molar-refractivity contribution < 1.29 is 23.1 Å². The molecule has 8 heteroatoms. The highest BCUT2D eigenvalue weighted by atomic mass is 32.7. The highest BCUT2D eigenvalue weighted by molar-refractivity contribution is 8.55. The SMILES string of the molecule is CCOP(=O)(OCC)SCCSCC(=O)OC. The highest BCUT2D eigenvalue weighted by Gasteiger charge is 2.23. The second-order valence-electron chi connectivity index (χ2n) is 2.74. The Labute approximate surface area is 111 Å². The number of hydrogen-bond acceptors (Lipinski definition) is 7. The Morgan fingerprint density at radius 1 is 1.18 bits per heavy atom. The van der Waals surface area contributed by atoms with E-state index in [0.29, 0.717) is 30.5 Å². The molecule has 0 aliphatic rings. The number of carbonyl (C=O) groups excluding carboxylic acids is 1. The normalized spacial score (nSPS) is 11.5. The van der Waals surface area contributed by atoms with Crippen LogP contribution in [-0.2, 0) is 23.1 Å². The zero-order valence-electron chi connectivity index (χ0n) is 10.3. The van der Waals surface area contributed by atoms with Crippen LogP contribution in [0.5, 0.6) is 0 Å². The summed E-state index contributed by atoms with van der Waals surface area (Å²) < 4.78 is 26.7. The van der Waals surface area contributed by atoms with Gasteiger partial charge in [-0.3, -0.25) is 4.79 Å². The van der Waals surface area contributed by atoms with Crippen molar-refractivity contribution >= 4 is 35.9 Å². The second-order valence-corrected chi connectivity index (χ2v) is 8.04. The van der Waals surface area contributed by atoms with Gasteiger partial charge in [0.2, 0.25) is 0 Å². The molecule has 0 aromatic carbocycles. The molecule has 0 spiro atoms. The molecule has 0 N–H and O–H groups in total. The summed E-state index contributed by atoms with van der Waals surface area (Å²) in [6.45, 7) is 1.27. The molecular formula is C9H19O5PS2. The molecule has 0 aliphatic heterocycles. The van der Waals surface area contributed by atoms with E-state index in [0.717, 1.165) is 0 Å². The molecule has 17 heavy (non-hydrogen) atoms. The summed E-state index contributed by atoms with van der Waals surface area (Å²) in [5.41, 5.74) is 0. The van der Waals surface area contributed by atoms with E-state index in [1.165, 1.54) is 30.3 Å². The van der Waals surface area contributed by atoms with E-state index in [2.05, 4.69) is 4.74 Å². The number of methoxy groups -OCH3 is 1. The van der Waals surface area contributed by atoms with Crippen molar-refractivity contribution in [1.29, 1.82) is 0 Å². The van der Waals surface area contributed by atoms with Crippen molar-refractivity contribution in [2.75, 3.05) is 37.6 Å². The third-order valence-corrected chi connectivity index (χ3v) is 6.67. The summed E-state index contributed by atoms with van der Waals surface area (Å²) >= 11 is 2.61. The van der Waals surface area contributed by atoms with Crippen LogP contribution in [0.3, 0.4) is 0 Å². The lowest BCUT2D eigenvalue weighted by Gasteiger charge is -2.15. The number of rotatable bonds is 10. The quantitative estimate of drug-likeness (QED) is 0.349. The summed E-state index contributed by atoms with van der Waals surface area (Å²) in [6, 6.07) is 0. The summed E-state index contributed by atoms with van der Waals surface area (Å²) in [5, 5.41) is 0. The van der Waals surface area contributed by atoms with Gasteiger partial charge in [-0.25, -0.2) is 4.57 Å². The van der Waals surface area contributed by atoms with Crippen LogP contribution in [0.15, 0.2) is 0 Å². The molecule has 0 bridgehead atoms. The predicted molar refractivity (Wildman–Crippen MR) is 72.7 cm³/mol. The van der Waals surface area contributed by atoms with Gasteiger partial charge in [0.05, 0.1) is 26.1 Å². The molecule has 0 saturated heterocycles. The lowest BCUT2D eigenvalue weighted by Crippen LogP contribution is -2.04. The van der Waals surface area contributed by atoms with E-state index >= 15 is 0 Å². The number of carbonyl (C=O) groups is 1. The number of esters is 1. The molecule has 0 amide bonds. The maximum Gasteiger partial charge on any atom is 0.389 e. The van der Waals surface area contributed by atoms with E-state index in [1.807, 2.05) is 0 Å². The monoisotopic (exact) mass is 302 g/mol. The maximum absolute atomic E-state index is 12.0. The third-order valence-electron chi connectivity index (χ3n) is 1.50. The molecule has 0 unspecified atom stereocenters.